The normalized spacial score (nSPS) is 8.00. The molecular formula is C8H10ClN3O2. The number of benzene rings is 1. The standard InChI is InChI=1S/C6H7N.C2H2N2O2.ClH/c7-6-4-2-1-3-5-6;5-2-3-1-4-6-2;/h1-5H,7H2;1H,(H,3,4,5);1H. The lowest BCUT2D eigenvalue weighted by molar-refractivity contribution is 0.386. The maximum atomic E-state index is 9.76. The molecular weight excluding hydrogens is 206 g/mol. The highest BCUT2D eigenvalue weighted by molar-refractivity contribution is 5.85. The van der Waals surface area contributed by atoms with Crippen LogP contribution in [0.3, 0.4) is 0 Å². The number of nitrogens with zero attached hydrogens (tertiary/aromatic N) is 1. The predicted octanol–water partition coefficient (Wildman–Crippen LogP) is 1.05. The first kappa shape index (κ1) is 12.2. The summed E-state index contributed by atoms with van der Waals surface area (Å²) in [6, 6.07) is 9.49. The Bertz CT molecular complexity index is 368. The molecule has 3 N–H and O–H groups in total. The number of hydrogen-bond acceptors (Lipinski definition) is 4. The molecule has 5 nitrogen and oxygen atoms in total. The highest BCUT2D eigenvalue weighted by atomic mass is 35.5. The fourth-order valence-corrected chi connectivity index (χ4v) is 0.635. The van der Waals surface area contributed by atoms with Gasteiger partial charge in [-0.05, 0) is 12.1 Å². The van der Waals surface area contributed by atoms with Gasteiger partial charge < -0.3 is 10.3 Å². The highest BCUT2D eigenvalue weighted by Crippen LogP contribution is 1.95. The maximum absolute atomic E-state index is 9.76. The Morgan fingerprint density at radius 3 is 2.14 bits per heavy atom. The van der Waals surface area contributed by atoms with E-state index >= 15 is 0 Å². The molecule has 76 valence electrons. The molecule has 0 aliphatic rings. The minimum Gasteiger partial charge on any atom is -0.399 e. The number of halogens is 1. The van der Waals surface area contributed by atoms with E-state index in [0.29, 0.717) is 0 Å². The van der Waals surface area contributed by atoms with E-state index in [2.05, 4.69) is 14.7 Å². The van der Waals surface area contributed by atoms with Gasteiger partial charge in [-0.15, -0.1) is 12.4 Å². The molecule has 0 aliphatic carbocycles. The third kappa shape index (κ3) is 5.00. The van der Waals surface area contributed by atoms with Gasteiger partial charge in [0.05, 0.1) is 0 Å². The van der Waals surface area contributed by atoms with Gasteiger partial charge in [-0.25, -0.2) is 9.95 Å². The van der Waals surface area contributed by atoms with E-state index < -0.39 is 5.76 Å². The number of nitrogen functional groups attached to an aromatic ring is 1. The topological polar surface area (TPSA) is 84.9 Å². The summed E-state index contributed by atoms with van der Waals surface area (Å²) in [5.41, 5.74) is 6.18. The first-order valence-corrected chi connectivity index (χ1v) is 3.58. The van der Waals surface area contributed by atoms with Gasteiger partial charge in [-0.3, -0.25) is 0 Å². The van der Waals surface area contributed by atoms with E-state index in [1.807, 2.05) is 30.3 Å². The second kappa shape index (κ2) is 6.73. The molecule has 1 aromatic heterocycles. The highest BCUT2D eigenvalue weighted by Gasteiger charge is 1.75. The van der Waals surface area contributed by atoms with Crippen molar-refractivity contribution in [2.75, 3.05) is 5.73 Å². The molecule has 1 heterocycles. The Labute approximate surface area is 86.3 Å². The average molecular weight is 216 g/mol. The lowest BCUT2D eigenvalue weighted by atomic mass is 10.3. The molecule has 14 heavy (non-hydrogen) atoms. The summed E-state index contributed by atoms with van der Waals surface area (Å²) >= 11 is 0. The van der Waals surface area contributed by atoms with Crippen molar-refractivity contribution in [3.63, 3.8) is 0 Å². The van der Waals surface area contributed by atoms with Gasteiger partial charge in [-0.2, -0.15) is 4.98 Å². The Morgan fingerprint density at radius 2 is 1.93 bits per heavy atom. The van der Waals surface area contributed by atoms with E-state index in [9.17, 15) is 4.79 Å². The molecule has 0 bridgehead atoms. The van der Waals surface area contributed by atoms with E-state index in [0.717, 1.165) is 5.69 Å². The maximum Gasteiger partial charge on any atom is 0.459 e. The van der Waals surface area contributed by atoms with Crippen LogP contribution < -0.4 is 11.5 Å². The molecule has 2 rings (SSSR count). The second-order valence-corrected chi connectivity index (χ2v) is 2.15. The molecule has 0 spiro atoms. The van der Waals surface area contributed by atoms with Gasteiger partial charge in [0.2, 0.25) is 0 Å². The summed E-state index contributed by atoms with van der Waals surface area (Å²) in [6.45, 7) is 0. The number of hydrogen-bond donors (Lipinski definition) is 2. The smallest absolute Gasteiger partial charge is 0.399 e. The Morgan fingerprint density at radius 1 is 1.29 bits per heavy atom. The number of aromatic nitrogens is 2. The first-order valence-electron chi connectivity index (χ1n) is 3.58. The molecule has 0 aliphatic heterocycles. The second-order valence-electron chi connectivity index (χ2n) is 2.15. The van der Waals surface area contributed by atoms with Crippen molar-refractivity contribution >= 4 is 18.1 Å². The van der Waals surface area contributed by atoms with Crippen molar-refractivity contribution in [3.8, 4) is 0 Å². The van der Waals surface area contributed by atoms with Gasteiger partial charge in [-0.1, -0.05) is 18.2 Å². The van der Waals surface area contributed by atoms with Gasteiger partial charge in [0.1, 0.15) is 6.33 Å². The first-order chi connectivity index (χ1) is 6.29. The minimum absolute atomic E-state index is 0. The summed E-state index contributed by atoms with van der Waals surface area (Å²) in [6.07, 6.45) is 1.18. The number of nitrogens with one attached hydrogen (secondary N) is 1. The number of H-pyrrole nitrogens is 1. The lowest BCUT2D eigenvalue weighted by Crippen LogP contribution is -1.92. The van der Waals surface area contributed by atoms with Crippen LogP contribution >= 0.6 is 12.4 Å². The third-order valence-electron chi connectivity index (χ3n) is 1.17. The number of para-hydroxylation sites is 1. The van der Waals surface area contributed by atoms with E-state index in [1.165, 1.54) is 6.33 Å². The van der Waals surface area contributed by atoms with E-state index in [1.54, 1.807) is 0 Å². The molecule has 0 radical (unpaired) electrons. The van der Waals surface area contributed by atoms with Crippen LogP contribution in [0.4, 0.5) is 5.69 Å². The van der Waals surface area contributed by atoms with Crippen LogP contribution in [-0.4, -0.2) is 10.1 Å². The fraction of sp³-hybridized carbons (Fsp3) is 0. The zero-order chi connectivity index (χ0) is 9.52. The summed E-state index contributed by atoms with van der Waals surface area (Å²) in [5, 5.41) is 2.13. The lowest BCUT2D eigenvalue weighted by Gasteiger charge is -1.83. The fourth-order valence-electron chi connectivity index (χ4n) is 0.635. The van der Waals surface area contributed by atoms with E-state index in [4.69, 9.17) is 5.73 Å². The largest absolute Gasteiger partial charge is 0.459 e. The SMILES string of the molecule is Cl.Nc1ccccc1.O=c1nc[nH]o1. The van der Waals surface area contributed by atoms with Crippen molar-refractivity contribution in [2.24, 2.45) is 0 Å². The van der Waals surface area contributed by atoms with Crippen molar-refractivity contribution in [2.45, 2.75) is 0 Å². The van der Waals surface area contributed by atoms with Crippen molar-refractivity contribution in [1.29, 1.82) is 0 Å². The summed E-state index contributed by atoms with van der Waals surface area (Å²) in [5.74, 6) is -0.588. The molecule has 1 aromatic carbocycles. The van der Waals surface area contributed by atoms with Gasteiger partial charge >= 0.3 is 5.76 Å². The molecule has 0 atom stereocenters. The van der Waals surface area contributed by atoms with Crippen LogP contribution in [0.15, 0.2) is 46.0 Å². The molecule has 0 amide bonds. The Kier molecular flexibility index (Phi) is 5.89. The van der Waals surface area contributed by atoms with Gasteiger partial charge in [0.25, 0.3) is 0 Å². The summed E-state index contributed by atoms with van der Waals surface area (Å²) in [7, 11) is 0. The molecule has 0 unspecified atom stereocenters. The summed E-state index contributed by atoms with van der Waals surface area (Å²) < 4.78 is 4.04. The van der Waals surface area contributed by atoms with Crippen LogP contribution in [0.5, 0.6) is 0 Å². The molecule has 6 heteroatoms. The van der Waals surface area contributed by atoms with Crippen LogP contribution in [0, 0.1) is 0 Å². The number of aromatic amines is 1. The number of rotatable bonds is 0. The number of nitrogens with two attached hydrogens (primary N) is 1. The Hall–Kier alpha value is -1.75. The van der Waals surface area contributed by atoms with Gasteiger partial charge in [0, 0.05) is 5.69 Å². The Balaban J connectivity index is 0.000000227. The third-order valence-corrected chi connectivity index (χ3v) is 1.17. The quantitative estimate of drug-likeness (QED) is 0.644. The van der Waals surface area contributed by atoms with Crippen molar-refractivity contribution in [3.05, 3.63) is 47.2 Å². The zero-order valence-electron chi connectivity index (χ0n) is 7.21. The number of anilines is 1. The zero-order valence-corrected chi connectivity index (χ0v) is 8.03. The van der Waals surface area contributed by atoms with Crippen LogP contribution in [0.2, 0.25) is 0 Å². The summed E-state index contributed by atoms with van der Waals surface area (Å²) in [4.78, 5) is 12.9. The molecule has 2 aromatic rings. The molecule has 0 saturated heterocycles. The van der Waals surface area contributed by atoms with Gasteiger partial charge in [0.15, 0.2) is 0 Å². The monoisotopic (exact) mass is 215 g/mol. The minimum atomic E-state index is -0.588. The van der Waals surface area contributed by atoms with Crippen LogP contribution in [-0.2, 0) is 0 Å². The van der Waals surface area contributed by atoms with E-state index in [-0.39, 0.29) is 12.4 Å². The van der Waals surface area contributed by atoms with Crippen LogP contribution in [0.25, 0.3) is 0 Å². The predicted molar refractivity (Wildman–Crippen MR) is 55.2 cm³/mol. The van der Waals surface area contributed by atoms with Crippen molar-refractivity contribution < 1.29 is 4.52 Å². The molecule has 0 fully saturated rings. The van der Waals surface area contributed by atoms with Crippen molar-refractivity contribution in [1.82, 2.24) is 10.1 Å². The molecule has 0 saturated carbocycles. The van der Waals surface area contributed by atoms with Crippen LogP contribution in [0.1, 0.15) is 0 Å². The average Bonchev–Trinajstić information content (AvgIpc) is 2.58.